The average molecular weight is 356 g/mol. The fraction of sp³-hybridized carbons (Fsp3) is 0.450. The van der Waals surface area contributed by atoms with Gasteiger partial charge in [-0.05, 0) is 42.5 Å². The minimum atomic E-state index is -0.251. The maximum atomic E-state index is 12.5. The van der Waals surface area contributed by atoms with Crippen molar-refractivity contribution in [3.63, 3.8) is 0 Å². The topological polar surface area (TPSA) is 76.1 Å². The molecule has 0 radical (unpaired) electrons. The molecule has 0 atom stereocenters. The summed E-state index contributed by atoms with van der Waals surface area (Å²) in [5, 5.41) is 6.01. The Kier molecular flexibility index (Phi) is 6.69. The minimum absolute atomic E-state index is 0.0791. The normalized spacial score (nSPS) is 11.3. The molecule has 0 saturated carbocycles. The van der Waals surface area contributed by atoms with Crippen LogP contribution in [0.2, 0.25) is 0 Å². The average Bonchev–Trinajstić information content (AvgIpc) is 2.58. The van der Waals surface area contributed by atoms with E-state index in [1.54, 1.807) is 13.2 Å². The molecule has 0 spiro atoms. The van der Waals surface area contributed by atoms with E-state index in [4.69, 9.17) is 4.74 Å². The number of anilines is 2. The molecule has 0 aliphatic carbocycles. The van der Waals surface area contributed by atoms with Crippen LogP contribution >= 0.6 is 0 Å². The summed E-state index contributed by atoms with van der Waals surface area (Å²) in [4.78, 5) is 21.2. The molecule has 0 bridgehead atoms. The molecule has 2 rings (SSSR count). The number of carbonyl (C=O) groups is 1. The highest BCUT2D eigenvalue weighted by atomic mass is 16.5. The zero-order chi connectivity index (χ0) is 19.2. The van der Waals surface area contributed by atoms with Crippen LogP contribution < -0.4 is 10.6 Å². The van der Waals surface area contributed by atoms with Gasteiger partial charge in [-0.3, -0.25) is 4.79 Å². The highest BCUT2D eigenvalue weighted by molar-refractivity contribution is 6.03. The fourth-order valence-electron chi connectivity index (χ4n) is 2.43. The zero-order valence-corrected chi connectivity index (χ0v) is 16.2. The first kappa shape index (κ1) is 19.8. The number of hydrogen-bond acceptors (Lipinski definition) is 5. The number of nitrogens with zero attached hydrogens (tertiary/aromatic N) is 2. The molecule has 1 aromatic heterocycles. The number of aromatic nitrogens is 2. The third-order valence-corrected chi connectivity index (χ3v) is 3.90. The molecule has 0 unspecified atom stereocenters. The maximum Gasteiger partial charge on any atom is 0.274 e. The summed E-state index contributed by atoms with van der Waals surface area (Å²) >= 11 is 0. The van der Waals surface area contributed by atoms with Gasteiger partial charge in [0.05, 0.1) is 0 Å². The number of amides is 1. The second-order valence-corrected chi connectivity index (χ2v) is 7.27. The Morgan fingerprint density at radius 2 is 1.85 bits per heavy atom. The number of rotatable bonds is 7. The predicted octanol–water partition coefficient (Wildman–Crippen LogP) is 3.78. The Bertz CT molecular complexity index is 736. The van der Waals surface area contributed by atoms with E-state index in [0.717, 1.165) is 17.8 Å². The molecular formula is C20H28N4O2. The lowest BCUT2D eigenvalue weighted by Gasteiger charge is -2.19. The first-order valence-corrected chi connectivity index (χ1v) is 8.80. The third-order valence-electron chi connectivity index (χ3n) is 3.90. The molecule has 6 nitrogen and oxygen atoms in total. The largest absolute Gasteiger partial charge is 0.385 e. The highest BCUT2D eigenvalue weighted by Gasteiger charge is 2.14. The van der Waals surface area contributed by atoms with E-state index >= 15 is 0 Å². The van der Waals surface area contributed by atoms with Crippen LogP contribution in [0.15, 0.2) is 30.3 Å². The van der Waals surface area contributed by atoms with Gasteiger partial charge in [-0.1, -0.05) is 32.9 Å². The van der Waals surface area contributed by atoms with Crippen LogP contribution in [0.3, 0.4) is 0 Å². The van der Waals surface area contributed by atoms with Gasteiger partial charge in [0.2, 0.25) is 5.95 Å². The lowest BCUT2D eigenvalue weighted by Crippen LogP contribution is -2.17. The van der Waals surface area contributed by atoms with Crippen molar-refractivity contribution >= 4 is 17.5 Å². The van der Waals surface area contributed by atoms with Crippen LogP contribution in [-0.4, -0.2) is 36.1 Å². The maximum absolute atomic E-state index is 12.5. The molecule has 0 saturated heterocycles. The van der Waals surface area contributed by atoms with Gasteiger partial charge >= 0.3 is 0 Å². The van der Waals surface area contributed by atoms with Crippen LogP contribution in [0.5, 0.6) is 0 Å². The van der Waals surface area contributed by atoms with Gasteiger partial charge in [-0.2, -0.15) is 0 Å². The van der Waals surface area contributed by atoms with E-state index in [0.29, 0.717) is 24.8 Å². The Labute approximate surface area is 155 Å². The van der Waals surface area contributed by atoms with Gasteiger partial charge in [0.1, 0.15) is 5.69 Å². The fourth-order valence-corrected chi connectivity index (χ4v) is 2.43. The summed E-state index contributed by atoms with van der Waals surface area (Å²) in [7, 11) is 1.67. The van der Waals surface area contributed by atoms with Crippen molar-refractivity contribution in [3.8, 4) is 0 Å². The van der Waals surface area contributed by atoms with Crippen molar-refractivity contribution in [2.45, 2.75) is 39.5 Å². The Balaban J connectivity index is 2.05. The quantitative estimate of drug-likeness (QED) is 0.738. The molecule has 2 aromatic rings. The highest BCUT2D eigenvalue weighted by Crippen LogP contribution is 2.23. The van der Waals surface area contributed by atoms with Crippen molar-refractivity contribution in [3.05, 3.63) is 47.3 Å². The molecule has 0 aliphatic rings. The van der Waals surface area contributed by atoms with Gasteiger partial charge in [0, 0.05) is 31.6 Å². The zero-order valence-electron chi connectivity index (χ0n) is 16.2. The van der Waals surface area contributed by atoms with Gasteiger partial charge < -0.3 is 15.4 Å². The molecule has 2 N–H and O–H groups in total. The number of carbonyl (C=O) groups excluding carboxylic acids is 1. The van der Waals surface area contributed by atoms with Crippen LogP contribution in [-0.2, 0) is 10.2 Å². The van der Waals surface area contributed by atoms with Crippen LogP contribution in [0, 0.1) is 6.92 Å². The van der Waals surface area contributed by atoms with E-state index < -0.39 is 0 Å². The first-order chi connectivity index (χ1) is 12.3. The molecule has 1 heterocycles. The molecule has 1 aromatic carbocycles. The van der Waals surface area contributed by atoms with Crippen LogP contribution in [0.4, 0.5) is 11.6 Å². The number of ether oxygens (including phenoxy) is 1. The van der Waals surface area contributed by atoms with E-state index in [-0.39, 0.29) is 11.3 Å². The van der Waals surface area contributed by atoms with E-state index in [1.807, 2.05) is 31.2 Å². The minimum Gasteiger partial charge on any atom is -0.385 e. The third kappa shape index (κ3) is 5.81. The monoisotopic (exact) mass is 356 g/mol. The van der Waals surface area contributed by atoms with Gasteiger partial charge in [0.25, 0.3) is 5.91 Å². The van der Waals surface area contributed by atoms with Crippen molar-refractivity contribution in [2.75, 3.05) is 30.9 Å². The standard InChI is InChI=1S/C20H28N4O2/c1-14-13-17(24-19(22-14)21-11-6-12-26-5)18(25)23-16-9-7-15(8-10-16)20(2,3)4/h7-10,13H,6,11-12H2,1-5H3,(H,23,25)(H,21,22,24). The van der Waals surface area contributed by atoms with Crippen LogP contribution in [0.25, 0.3) is 0 Å². The molecule has 6 heteroatoms. The summed E-state index contributed by atoms with van der Waals surface area (Å²) in [6.07, 6.45) is 0.843. The molecule has 140 valence electrons. The lowest BCUT2D eigenvalue weighted by molar-refractivity contribution is 0.102. The van der Waals surface area contributed by atoms with Crippen LogP contribution in [0.1, 0.15) is 48.9 Å². The first-order valence-electron chi connectivity index (χ1n) is 8.80. The molecule has 0 aliphatic heterocycles. The second-order valence-electron chi connectivity index (χ2n) is 7.27. The number of hydrogen-bond donors (Lipinski definition) is 2. The number of aryl methyl sites for hydroxylation is 1. The molecular weight excluding hydrogens is 328 g/mol. The van der Waals surface area contributed by atoms with Crippen molar-refractivity contribution < 1.29 is 9.53 Å². The van der Waals surface area contributed by atoms with E-state index in [9.17, 15) is 4.79 Å². The Morgan fingerprint density at radius 1 is 1.15 bits per heavy atom. The SMILES string of the molecule is COCCCNc1nc(C)cc(C(=O)Nc2ccc(C(C)(C)C)cc2)n1. The summed E-state index contributed by atoms with van der Waals surface area (Å²) in [5.74, 6) is 0.202. The summed E-state index contributed by atoms with van der Waals surface area (Å²) < 4.78 is 5.02. The second kappa shape index (κ2) is 8.76. The van der Waals surface area contributed by atoms with Gasteiger partial charge in [-0.15, -0.1) is 0 Å². The van der Waals surface area contributed by atoms with Gasteiger partial charge in [-0.25, -0.2) is 9.97 Å². The van der Waals surface area contributed by atoms with Gasteiger partial charge in [0.15, 0.2) is 0 Å². The number of benzene rings is 1. The summed E-state index contributed by atoms with van der Waals surface area (Å²) in [5.41, 5.74) is 3.12. The van der Waals surface area contributed by atoms with Crippen molar-refractivity contribution in [2.24, 2.45) is 0 Å². The summed E-state index contributed by atoms with van der Waals surface area (Å²) in [6.45, 7) is 9.67. The smallest absolute Gasteiger partial charge is 0.274 e. The lowest BCUT2D eigenvalue weighted by atomic mass is 9.87. The van der Waals surface area contributed by atoms with E-state index in [1.165, 1.54) is 5.56 Å². The molecule has 0 fully saturated rings. The number of nitrogens with one attached hydrogen (secondary N) is 2. The van der Waals surface area contributed by atoms with E-state index in [2.05, 4.69) is 41.4 Å². The predicted molar refractivity (Wildman–Crippen MR) is 105 cm³/mol. The molecule has 26 heavy (non-hydrogen) atoms. The van der Waals surface area contributed by atoms with Crippen molar-refractivity contribution in [1.29, 1.82) is 0 Å². The summed E-state index contributed by atoms with van der Waals surface area (Å²) in [6, 6.07) is 9.57. The van der Waals surface area contributed by atoms with Crippen molar-refractivity contribution in [1.82, 2.24) is 9.97 Å². The number of methoxy groups -OCH3 is 1. The Hall–Kier alpha value is -2.47. The molecule has 1 amide bonds. The Morgan fingerprint density at radius 3 is 2.46 bits per heavy atom.